The fourth-order valence-electron chi connectivity index (χ4n) is 2.96. The number of rotatable bonds is 3. The van der Waals surface area contributed by atoms with Crippen LogP contribution in [0.5, 0.6) is 0 Å². The Morgan fingerprint density at radius 3 is 2.20 bits per heavy atom. The lowest BCUT2D eigenvalue weighted by molar-refractivity contribution is -0.192. The number of carbonyl (C=O) groups is 1. The highest BCUT2D eigenvalue weighted by molar-refractivity contribution is 5.75. The van der Waals surface area contributed by atoms with Crippen LogP contribution in [-0.2, 0) is 25.4 Å². The molecule has 3 rings (SSSR count). The topological polar surface area (TPSA) is 114 Å². The van der Waals surface area contributed by atoms with Gasteiger partial charge in [0.25, 0.3) is 5.56 Å². The second kappa shape index (κ2) is 8.73. The van der Waals surface area contributed by atoms with Gasteiger partial charge in [-0.15, -0.1) is 0 Å². The Morgan fingerprint density at radius 1 is 1.20 bits per heavy atom. The summed E-state index contributed by atoms with van der Waals surface area (Å²) in [5.41, 5.74) is 1.11. The molecular weight excluding hydrogens is 409 g/mol. The molecule has 0 unspecified atom stereocenters. The van der Waals surface area contributed by atoms with Crippen molar-refractivity contribution >= 4 is 23.1 Å². The van der Waals surface area contributed by atoms with Crippen LogP contribution >= 0.6 is 0 Å². The van der Waals surface area contributed by atoms with Gasteiger partial charge in [-0.25, -0.2) is 9.59 Å². The molecule has 13 heteroatoms. The molecule has 1 fully saturated rings. The zero-order valence-corrected chi connectivity index (χ0v) is 16.8. The average molecular weight is 432 g/mol. The first-order valence-electron chi connectivity index (χ1n) is 8.92. The molecule has 166 valence electrons. The molecule has 2 N–H and O–H groups in total. The molecule has 2 aromatic heterocycles. The number of carboxylic acid groups (broad SMARTS) is 1. The third kappa shape index (κ3) is 4.72. The second-order valence-corrected chi connectivity index (χ2v) is 6.87. The summed E-state index contributed by atoms with van der Waals surface area (Å²) in [5.74, 6) is -2.03. The maximum absolute atomic E-state index is 12.6. The number of aromatic nitrogens is 4. The van der Waals surface area contributed by atoms with Crippen LogP contribution in [0.25, 0.3) is 11.2 Å². The number of hydrogen-bond donors (Lipinski definition) is 2. The molecule has 10 nitrogen and oxygen atoms in total. The van der Waals surface area contributed by atoms with Crippen molar-refractivity contribution in [1.82, 2.24) is 24.0 Å². The minimum atomic E-state index is -5.08. The van der Waals surface area contributed by atoms with Crippen molar-refractivity contribution in [2.75, 3.05) is 31.1 Å². The van der Waals surface area contributed by atoms with Crippen molar-refractivity contribution in [2.45, 2.75) is 19.6 Å². The highest BCUT2D eigenvalue weighted by Gasteiger charge is 2.38. The van der Waals surface area contributed by atoms with Crippen LogP contribution in [0.15, 0.2) is 21.7 Å². The lowest BCUT2D eigenvalue weighted by atomic mass is 10.3. The summed E-state index contributed by atoms with van der Waals surface area (Å²) in [4.78, 5) is 40.4. The molecule has 3 heterocycles. The molecule has 2 aromatic rings. The quantitative estimate of drug-likeness (QED) is 0.659. The summed E-state index contributed by atoms with van der Waals surface area (Å²) in [6.45, 7) is 9.74. The predicted octanol–water partition coefficient (Wildman–Crippen LogP) is 0.0527. The molecule has 0 radical (unpaired) electrons. The van der Waals surface area contributed by atoms with E-state index in [1.807, 2.05) is 11.5 Å². The van der Waals surface area contributed by atoms with Crippen LogP contribution in [0.3, 0.4) is 0 Å². The summed E-state index contributed by atoms with van der Waals surface area (Å²) in [6.07, 6.45) is -5.08. The first kappa shape index (κ1) is 23.2. The number of imidazole rings is 1. The number of aliphatic carboxylic acids is 1. The molecule has 0 bridgehead atoms. The van der Waals surface area contributed by atoms with Crippen molar-refractivity contribution in [2.24, 2.45) is 14.1 Å². The molecule has 0 spiro atoms. The van der Waals surface area contributed by atoms with Crippen molar-refractivity contribution in [1.29, 1.82) is 0 Å². The molecule has 0 amide bonds. The third-order valence-corrected chi connectivity index (χ3v) is 4.40. The van der Waals surface area contributed by atoms with Gasteiger partial charge < -0.3 is 19.9 Å². The predicted molar refractivity (Wildman–Crippen MR) is 104 cm³/mol. The van der Waals surface area contributed by atoms with Crippen molar-refractivity contribution in [3.8, 4) is 0 Å². The zero-order valence-electron chi connectivity index (χ0n) is 16.8. The maximum atomic E-state index is 12.6. The van der Waals surface area contributed by atoms with E-state index in [1.165, 1.54) is 11.6 Å². The number of fused-ring (bicyclic) bond motifs is 1. The van der Waals surface area contributed by atoms with E-state index in [-0.39, 0.29) is 11.2 Å². The third-order valence-electron chi connectivity index (χ3n) is 4.40. The minimum Gasteiger partial charge on any atom is -0.475 e. The number of anilines is 1. The van der Waals surface area contributed by atoms with Crippen LogP contribution in [0, 0.1) is 0 Å². The molecule has 0 saturated carbocycles. The molecular formula is C17H23F3N6O4. The van der Waals surface area contributed by atoms with Gasteiger partial charge in [-0.05, 0) is 6.92 Å². The summed E-state index contributed by atoms with van der Waals surface area (Å²) in [5, 5.41) is 10.4. The number of nitrogens with zero attached hydrogens (tertiary/aromatic N) is 5. The Labute approximate surface area is 168 Å². The summed E-state index contributed by atoms with van der Waals surface area (Å²) in [7, 11) is 3.14. The fraction of sp³-hybridized carbons (Fsp3) is 0.529. The summed E-state index contributed by atoms with van der Waals surface area (Å²) >= 11 is 0. The monoisotopic (exact) mass is 432 g/mol. The zero-order chi connectivity index (χ0) is 22.8. The number of aryl methyl sites for hydroxylation is 1. The van der Waals surface area contributed by atoms with E-state index in [9.17, 15) is 22.8 Å². The highest BCUT2D eigenvalue weighted by Crippen LogP contribution is 2.21. The van der Waals surface area contributed by atoms with Gasteiger partial charge in [0.1, 0.15) is 0 Å². The van der Waals surface area contributed by atoms with Crippen LogP contribution in [-0.4, -0.2) is 62.1 Å². The van der Waals surface area contributed by atoms with E-state index in [0.717, 1.165) is 42.3 Å². The normalized spacial score (nSPS) is 14.4. The number of alkyl halides is 3. The first-order valence-corrected chi connectivity index (χ1v) is 8.92. The van der Waals surface area contributed by atoms with Gasteiger partial charge in [0, 0.05) is 46.8 Å². The lowest BCUT2D eigenvalue weighted by Gasteiger charge is -2.28. The Morgan fingerprint density at radius 2 is 1.73 bits per heavy atom. The Kier molecular flexibility index (Phi) is 6.75. The number of hydrogen-bond acceptors (Lipinski definition) is 6. The van der Waals surface area contributed by atoms with Crippen LogP contribution in [0.2, 0.25) is 0 Å². The van der Waals surface area contributed by atoms with E-state index < -0.39 is 12.1 Å². The number of piperazine rings is 1. The maximum Gasteiger partial charge on any atom is 0.490 e. The van der Waals surface area contributed by atoms with E-state index >= 15 is 0 Å². The van der Waals surface area contributed by atoms with Gasteiger partial charge in [-0.2, -0.15) is 18.2 Å². The van der Waals surface area contributed by atoms with Gasteiger partial charge in [-0.3, -0.25) is 13.9 Å². The van der Waals surface area contributed by atoms with Crippen molar-refractivity contribution in [3.05, 3.63) is 33.0 Å². The van der Waals surface area contributed by atoms with Crippen LogP contribution < -0.4 is 21.5 Å². The van der Waals surface area contributed by atoms with Crippen molar-refractivity contribution in [3.63, 3.8) is 0 Å². The Hall–Kier alpha value is -3.09. The molecule has 1 saturated heterocycles. The standard InChI is InChI=1S/C15H22N6O2.C2HF3O2/c1-10(2)9-21-11-12(18(3)15(23)19(4)13(11)22)17-14(21)20-7-5-16-6-8-20;3-2(4,5)1(6)7/h16H,1,5-9H2,2-4H3;(H,6,7). The largest absolute Gasteiger partial charge is 0.490 e. The fourth-order valence-corrected chi connectivity index (χ4v) is 2.96. The van der Waals surface area contributed by atoms with Gasteiger partial charge in [0.05, 0.1) is 0 Å². The molecule has 0 atom stereocenters. The van der Waals surface area contributed by atoms with E-state index in [4.69, 9.17) is 9.90 Å². The van der Waals surface area contributed by atoms with E-state index in [0.29, 0.717) is 17.7 Å². The van der Waals surface area contributed by atoms with Gasteiger partial charge >= 0.3 is 17.8 Å². The Bertz CT molecular complexity index is 1080. The number of carboxylic acids is 1. The number of nitrogens with one attached hydrogen (secondary N) is 1. The second-order valence-electron chi connectivity index (χ2n) is 6.87. The van der Waals surface area contributed by atoms with Gasteiger partial charge in [0.2, 0.25) is 5.95 Å². The van der Waals surface area contributed by atoms with Gasteiger partial charge in [0.15, 0.2) is 11.2 Å². The molecule has 30 heavy (non-hydrogen) atoms. The van der Waals surface area contributed by atoms with E-state index in [1.54, 1.807) is 7.05 Å². The van der Waals surface area contributed by atoms with Crippen molar-refractivity contribution < 1.29 is 23.1 Å². The minimum absolute atomic E-state index is 0.321. The number of allylic oxidation sites excluding steroid dienone is 1. The average Bonchev–Trinajstić information content (AvgIpc) is 3.04. The van der Waals surface area contributed by atoms with Crippen LogP contribution in [0.1, 0.15) is 6.92 Å². The smallest absolute Gasteiger partial charge is 0.475 e. The van der Waals surface area contributed by atoms with Crippen LogP contribution in [0.4, 0.5) is 19.1 Å². The van der Waals surface area contributed by atoms with Gasteiger partial charge in [-0.1, -0.05) is 12.2 Å². The first-order chi connectivity index (χ1) is 13.9. The summed E-state index contributed by atoms with van der Waals surface area (Å²) < 4.78 is 36.2. The highest BCUT2D eigenvalue weighted by atomic mass is 19.4. The molecule has 1 aliphatic rings. The molecule has 0 aliphatic carbocycles. The SMILES string of the molecule is C=C(C)Cn1c(N2CCNCC2)nc2c1c(=O)n(C)c(=O)n2C.O=C(O)C(F)(F)F. The molecule has 1 aliphatic heterocycles. The lowest BCUT2D eigenvalue weighted by Crippen LogP contribution is -2.44. The Balaban J connectivity index is 0.000000396. The summed E-state index contributed by atoms with van der Waals surface area (Å²) in [6, 6.07) is 0. The molecule has 0 aromatic carbocycles. The number of halogens is 3. The van der Waals surface area contributed by atoms with E-state index in [2.05, 4.69) is 21.8 Å².